The molecule has 0 spiro atoms. The first-order chi connectivity index (χ1) is 7.60. The van der Waals surface area contributed by atoms with Crippen molar-refractivity contribution in [1.82, 2.24) is 0 Å². The first kappa shape index (κ1) is 12.3. The molecule has 16 heavy (non-hydrogen) atoms. The van der Waals surface area contributed by atoms with E-state index in [0.29, 0.717) is 17.0 Å². The monoisotopic (exact) mass is 220 g/mol. The van der Waals surface area contributed by atoms with E-state index >= 15 is 0 Å². The van der Waals surface area contributed by atoms with Crippen LogP contribution in [0, 0.1) is 11.3 Å². The lowest BCUT2D eigenvalue weighted by Gasteiger charge is -2.20. The van der Waals surface area contributed by atoms with Gasteiger partial charge in [-0.2, -0.15) is 5.26 Å². The third kappa shape index (κ3) is 2.65. The maximum atomic E-state index is 9.42. The van der Waals surface area contributed by atoms with Crippen molar-refractivity contribution in [3.05, 3.63) is 23.8 Å². The van der Waals surface area contributed by atoms with Crippen LogP contribution in [-0.2, 0) is 0 Å². The number of nitrogens with zero attached hydrogens (tertiary/aromatic N) is 1. The second-order valence-electron chi connectivity index (χ2n) is 3.67. The summed E-state index contributed by atoms with van der Waals surface area (Å²) in [6.07, 6.45) is -0.503. The molecule has 0 heterocycles. The Balaban J connectivity index is 3.05. The normalized spacial score (nSPS) is 13.7. The average Bonchev–Trinajstić information content (AvgIpc) is 2.29. The molecule has 1 aromatic carbocycles. The Hall–Kier alpha value is -1.73. The van der Waals surface area contributed by atoms with E-state index in [1.165, 1.54) is 0 Å². The van der Waals surface area contributed by atoms with Gasteiger partial charge in [0.15, 0.2) is 0 Å². The molecule has 2 unspecified atom stereocenters. The van der Waals surface area contributed by atoms with Crippen LogP contribution in [0.3, 0.4) is 0 Å². The average molecular weight is 220 g/mol. The summed E-state index contributed by atoms with van der Waals surface area (Å²) in [6, 6.07) is 7.18. The van der Waals surface area contributed by atoms with E-state index in [1.807, 2.05) is 6.92 Å². The molecule has 0 aromatic heterocycles. The number of nitrogens with one attached hydrogen (secondary N) is 1. The molecule has 1 rings (SSSR count). The number of methoxy groups -OCH3 is 1. The molecule has 4 heteroatoms. The zero-order chi connectivity index (χ0) is 12.1. The van der Waals surface area contributed by atoms with Crippen molar-refractivity contribution in [1.29, 1.82) is 5.26 Å². The summed E-state index contributed by atoms with van der Waals surface area (Å²) in [5.74, 6) is 0.603. The first-order valence-corrected chi connectivity index (χ1v) is 5.11. The fraction of sp³-hybridized carbons (Fsp3) is 0.417. The first-order valence-electron chi connectivity index (χ1n) is 5.11. The van der Waals surface area contributed by atoms with Gasteiger partial charge in [-0.15, -0.1) is 0 Å². The van der Waals surface area contributed by atoms with Gasteiger partial charge in [-0.3, -0.25) is 0 Å². The van der Waals surface area contributed by atoms with Crippen molar-refractivity contribution in [2.24, 2.45) is 0 Å². The largest absolute Gasteiger partial charge is 0.495 e. The maximum Gasteiger partial charge on any atom is 0.143 e. The molecule has 4 nitrogen and oxygen atoms in total. The fourth-order valence-electron chi connectivity index (χ4n) is 1.29. The SMILES string of the molecule is COc1cccc(C#N)c1NC(C)C(C)O. The number of ether oxygens (including phenoxy) is 1. The van der Waals surface area contributed by atoms with Crippen LogP contribution in [0.1, 0.15) is 19.4 Å². The molecule has 0 radical (unpaired) electrons. The van der Waals surface area contributed by atoms with E-state index in [-0.39, 0.29) is 6.04 Å². The van der Waals surface area contributed by atoms with Crippen LogP contribution in [0.15, 0.2) is 18.2 Å². The van der Waals surface area contributed by atoms with E-state index in [1.54, 1.807) is 32.2 Å². The predicted octanol–water partition coefficient (Wildman–Crippen LogP) is 1.75. The maximum absolute atomic E-state index is 9.42. The van der Waals surface area contributed by atoms with Gasteiger partial charge in [-0.1, -0.05) is 6.07 Å². The summed E-state index contributed by atoms with van der Waals surface area (Å²) in [7, 11) is 1.55. The third-order valence-electron chi connectivity index (χ3n) is 2.46. The van der Waals surface area contributed by atoms with Crippen molar-refractivity contribution in [3.8, 4) is 11.8 Å². The Morgan fingerprint density at radius 1 is 1.44 bits per heavy atom. The molecule has 0 aliphatic carbocycles. The van der Waals surface area contributed by atoms with Gasteiger partial charge in [0.25, 0.3) is 0 Å². The summed E-state index contributed by atoms with van der Waals surface area (Å²) in [5.41, 5.74) is 1.13. The number of nitriles is 1. The standard InChI is InChI=1S/C12H16N2O2/c1-8(9(2)15)14-12-10(7-13)5-4-6-11(12)16-3/h4-6,8-9,14-15H,1-3H3. The van der Waals surface area contributed by atoms with Crippen LogP contribution in [0.25, 0.3) is 0 Å². The minimum atomic E-state index is -0.503. The molecule has 0 fully saturated rings. The second kappa shape index (κ2) is 5.38. The van der Waals surface area contributed by atoms with Crippen molar-refractivity contribution in [2.75, 3.05) is 12.4 Å². The van der Waals surface area contributed by atoms with Gasteiger partial charge in [-0.25, -0.2) is 0 Å². The molecule has 0 amide bonds. The lowest BCUT2D eigenvalue weighted by molar-refractivity contribution is 0.177. The van der Waals surface area contributed by atoms with Crippen LogP contribution >= 0.6 is 0 Å². The van der Waals surface area contributed by atoms with Crippen LogP contribution in [0.2, 0.25) is 0 Å². The van der Waals surface area contributed by atoms with E-state index in [0.717, 1.165) is 0 Å². The quantitative estimate of drug-likeness (QED) is 0.811. The topological polar surface area (TPSA) is 65.3 Å². The van der Waals surface area contributed by atoms with Gasteiger partial charge >= 0.3 is 0 Å². The summed E-state index contributed by atoms with van der Waals surface area (Å²) in [6.45, 7) is 3.54. The molecule has 0 saturated carbocycles. The highest BCUT2D eigenvalue weighted by atomic mass is 16.5. The number of hydrogen-bond acceptors (Lipinski definition) is 4. The third-order valence-corrected chi connectivity index (χ3v) is 2.46. The second-order valence-corrected chi connectivity index (χ2v) is 3.67. The van der Waals surface area contributed by atoms with Crippen molar-refractivity contribution in [2.45, 2.75) is 26.0 Å². The Labute approximate surface area is 95.5 Å². The Bertz CT molecular complexity index is 396. The van der Waals surface area contributed by atoms with Crippen molar-refractivity contribution < 1.29 is 9.84 Å². The van der Waals surface area contributed by atoms with Gasteiger partial charge < -0.3 is 15.2 Å². The minimum Gasteiger partial charge on any atom is -0.495 e. The molecular weight excluding hydrogens is 204 g/mol. The molecule has 0 aliphatic rings. The van der Waals surface area contributed by atoms with Crippen molar-refractivity contribution >= 4 is 5.69 Å². The molecule has 2 N–H and O–H groups in total. The van der Waals surface area contributed by atoms with Crippen LogP contribution < -0.4 is 10.1 Å². The Morgan fingerprint density at radius 2 is 2.12 bits per heavy atom. The number of hydrogen-bond donors (Lipinski definition) is 2. The van der Waals surface area contributed by atoms with Crippen molar-refractivity contribution in [3.63, 3.8) is 0 Å². The highest BCUT2D eigenvalue weighted by molar-refractivity contribution is 5.66. The van der Waals surface area contributed by atoms with Gasteiger partial charge in [0, 0.05) is 6.04 Å². The number of aliphatic hydroxyl groups excluding tert-OH is 1. The summed E-state index contributed by atoms with van der Waals surface area (Å²) in [4.78, 5) is 0. The van der Waals surface area contributed by atoms with E-state index in [2.05, 4.69) is 11.4 Å². The van der Waals surface area contributed by atoms with E-state index in [4.69, 9.17) is 10.00 Å². The molecular formula is C12H16N2O2. The summed E-state index contributed by atoms with van der Waals surface area (Å²) in [5, 5.41) is 21.5. The smallest absolute Gasteiger partial charge is 0.143 e. The molecule has 1 aromatic rings. The van der Waals surface area contributed by atoms with Crippen LogP contribution in [-0.4, -0.2) is 24.4 Å². The zero-order valence-corrected chi connectivity index (χ0v) is 9.69. The lowest BCUT2D eigenvalue weighted by Crippen LogP contribution is -2.28. The molecule has 86 valence electrons. The van der Waals surface area contributed by atoms with Gasteiger partial charge in [0.2, 0.25) is 0 Å². The highest BCUT2D eigenvalue weighted by Gasteiger charge is 2.14. The van der Waals surface area contributed by atoms with Crippen LogP contribution in [0.4, 0.5) is 5.69 Å². The Morgan fingerprint density at radius 3 is 2.62 bits per heavy atom. The number of rotatable bonds is 4. The number of para-hydroxylation sites is 1. The predicted molar refractivity (Wildman–Crippen MR) is 62.5 cm³/mol. The fourth-order valence-corrected chi connectivity index (χ4v) is 1.29. The van der Waals surface area contributed by atoms with Gasteiger partial charge in [0.05, 0.1) is 24.5 Å². The molecule has 2 atom stereocenters. The molecule has 0 saturated heterocycles. The van der Waals surface area contributed by atoms with Crippen LogP contribution in [0.5, 0.6) is 5.75 Å². The molecule has 0 bridgehead atoms. The number of aliphatic hydroxyl groups is 1. The Kier molecular flexibility index (Phi) is 4.15. The van der Waals surface area contributed by atoms with Gasteiger partial charge in [0.1, 0.15) is 11.8 Å². The highest BCUT2D eigenvalue weighted by Crippen LogP contribution is 2.28. The lowest BCUT2D eigenvalue weighted by atomic mass is 10.1. The summed E-state index contributed by atoms with van der Waals surface area (Å²) < 4.78 is 5.17. The van der Waals surface area contributed by atoms with E-state index in [9.17, 15) is 5.11 Å². The van der Waals surface area contributed by atoms with E-state index < -0.39 is 6.10 Å². The molecule has 0 aliphatic heterocycles. The summed E-state index contributed by atoms with van der Waals surface area (Å²) >= 11 is 0. The number of benzene rings is 1. The van der Waals surface area contributed by atoms with Gasteiger partial charge in [-0.05, 0) is 26.0 Å². The zero-order valence-electron chi connectivity index (χ0n) is 9.69. The number of anilines is 1. The minimum absolute atomic E-state index is 0.150.